The molecule has 0 saturated carbocycles. The average molecular weight is 667 g/mol. The highest BCUT2D eigenvalue weighted by Gasteiger charge is 2.36. The Morgan fingerprint density at radius 3 is 2.61 bits per heavy atom. The van der Waals surface area contributed by atoms with Crippen molar-refractivity contribution >= 4 is 74.8 Å². The van der Waals surface area contributed by atoms with Crippen LogP contribution in [0.2, 0.25) is 5.02 Å². The van der Waals surface area contributed by atoms with Crippen LogP contribution in [-0.2, 0) is 16.2 Å². The van der Waals surface area contributed by atoms with Crippen molar-refractivity contribution in [1.82, 2.24) is 4.90 Å². The van der Waals surface area contributed by atoms with Gasteiger partial charge in [-0.1, -0.05) is 29.8 Å². The monoisotopic (exact) mass is 666 g/mol. The number of benzene rings is 3. The Labute approximate surface area is 241 Å². The van der Waals surface area contributed by atoms with E-state index in [1.807, 2.05) is 25.1 Å². The molecule has 38 heavy (non-hydrogen) atoms. The smallest absolute Gasteiger partial charge is 0.294 e. The molecule has 1 N–H and O–H groups in total. The van der Waals surface area contributed by atoms with Crippen LogP contribution in [0.5, 0.6) is 11.5 Å². The summed E-state index contributed by atoms with van der Waals surface area (Å²) in [7, 11) is 0. The van der Waals surface area contributed by atoms with Crippen molar-refractivity contribution in [2.45, 2.75) is 13.5 Å². The summed E-state index contributed by atoms with van der Waals surface area (Å²) in [6, 6.07) is 16.2. The summed E-state index contributed by atoms with van der Waals surface area (Å²) in [5.41, 5.74) is 1.80. The minimum absolute atomic E-state index is 0.168. The predicted molar refractivity (Wildman–Crippen MR) is 154 cm³/mol. The molecule has 1 fully saturated rings. The van der Waals surface area contributed by atoms with Crippen molar-refractivity contribution in [2.24, 2.45) is 0 Å². The molecule has 0 bridgehead atoms. The molecule has 1 saturated heterocycles. The third-order valence-electron chi connectivity index (χ3n) is 5.21. The van der Waals surface area contributed by atoms with Gasteiger partial charge in [0.1, 0.15) is 19.0 Å². The van der Waals surface area contributed by atoms with Gasteiger partial charge in [0.2, 0.25) is 5.91 Å². The maximum atomic E-state index is 13.4. The number of carbonyl (C=O) groups excluding carboxylic acids is 3. The SMILES string of the molecule is CCOc1cc(/C=C2/SC(=O)N(CC(=O)Nc3cccc(F)c3)C2=O)cc(I)c1OCc1ccc(Cl)cc1. The summed E-state index contributed by atoms with van der Waals surface area (Å²) < 4.78 is 25.9. The summed E-state index contributed by atoms with van der Waals surface area (Å²) in [5, 5.41) is 2.55. The number of imide groups is 1. The summed E-state index contributed by atoms with van der Waals surface area (Å²) in [6.45, 7) is 2.07. The highest BCUT2D eigenvalue weighted by atomic mass is 127. The third-order valence-corrected chi connectivity index (χ3v) is 7.17. The molecular formula is C27H21ClFIN2O5S. The Balaban J connectivity index is 1.48. The van der Waals surface area contributed by atoms with Crippen LogP contribution in [-0.4, -0.2) is 35.1 Å². The number of anilines is 1. The number of halogens is 3. The lowest BCUT2D eigenvalue weighted by Crippen LogP contribution is -2.36. The quantitative estimate of drug-likeness (QED) is 0.201. The molecule has 3 aromatic carbocycles. The van der Waals surface area contributed by atoms with Crippen molar-refractivity contribution in [3.05, 3.63) is 91.1 Å². The number of rotatable bonds is 9. The molecule has 4 rings (SSSR count). The molecule has 7 nitrogen and oxygen atoms in total. The zero-order valence-electron chi connectivity index (χ0n) is 20.0. The fourth-order valence-corrected chi connectivity index (χ4v) is 5.25. The van der Waals surface area contributed by atoms with Crippen LogP contribution in [0.4, 0.5) is 14.9 Å². The molecule has 196 valence electrons. The van der Waals surface area contributed by atoms with Gasteiger partial charge in [-0.25, -0.2) is 4.39 Å². The summed E-state index contributed by atoms with van der Waals surface area (Å²) in [5.74, 6) is -0.672. The topological polar surface area (TPSA) is 84.9 Å². The second kappa shape index (κ2) is 12.6. The predicted octanol–water partition coefficient (Wildman–Crippen LogP) is 6.74. The molecule has 3 amide bonds. The van der Waals surface area contributed by atoms with E-state index < -0.39 is 29.4 Å². The first-order valence-corrected chi connectivity index (χ1v) is 13.6. The Morgan fingerprint density at radius 1 is 1.13 bits per heavy atom. The molecule has 1 aliphatic rings. The Bertz CT molecular complexity index is 1420. The first-order chi connectivity index (χ1) is 18.2. The number of nitrogens with zero attached hydrogens (tertiary/aromatic N) is 1. The number of amides is 3. The van der Waals surface area contributed by atoms with Gasteiger partial charge >= 0.3 is 0 Å². The molecule has 11 heteroatoms. The minimum atomic E-state index is -0.616. The van der Waals surface area contributed by atoms with Gasteiger partial charge in [0.15, 0.2) is 11.5 Å². The number of hydrogen-bond acceptors (Lipinski definition) is 6. The maximum Gasteiger partial charge on any atom is 0.294 e. The standard InChI is InChI=1S/C27H21ClFIN2O5S/c1-2-36-22-11-17(10-21(30)25(22)37-15-16-6-8-18(28)9-7-16)12-23-26(34)32(27(35)38-23)14-24(33)31-20-5-3-4-19(29)13-20/h3-13H,2,14-15H2,1H3,(H,31,33)/b23-12+. The normalized spacial score (nSPS) is 14.2. The zero-order chi connectivity index (χ0) is 27.2. The highest BCUT2D eigenvalue weighted by Crippen LogP contribution is 2.38. The van der Waals surface area contributed by atoms with Crippen LogP contribution in [0, 0.1) is 9.39 Å². The van der Waals surface area contributed by atoms with Crippen molar-refractivity contribution in [1.29, 1.82) is 0 Å². The largest absolute Gasteiger partial charge is 0.490 e. The molecular weight excluding hydrogens is 646 g/mol. The molecule has 1 aliphatic heterocycles. The average Bonchev–Trinajstić information content (AvgIpc) is 3.12. The van der Waals surface area contributed by atoms with E-state index in [2.05, 4.69) is 27.9 Å². The fraction of sp³-hybridized carbons (Fsp3) is 0.148. The lowest BCUT2D eigenvalue weighted by atomic mass is 10.1. The van der Waals surface area contributed by atoms with E-state index in [1.54, 1.807) is 24.3 Å². The number of carbonyl (C=O) groups is 3. The molecule has 0 aliphatic carbocycles. The van der Waals surface area contributed by atoms with Crippen molar-refractivity contribution in [3.63, 3.8) is 0 Å². The van der Waals surface area contributed by atoms with Gasteiger partial charge < -0.3 is 14.8 Å². The second-order valence-corrected chi connectivity index (χ2v) is 10.6. The molecule has 0 aromatic heterocycles. The highest BCUT2D eigenvalue weighted by molar-refractivity contribution is 14.1. The Morgan fingerprint density at radius 2 is 1.89 bits per heavy atom. The van der Waals surface area contributed by atoms with Crippen LogP contribution >= 0.6 is 46.0 Å². The van der Waals surface area contributed by atoms with Crippen LogP contribution in [0.25, 0.3) is 6.08 Å². The van der Waals surface area contributed by atoms with Gasteiger partial charge in [0.25, 0.3) is 11.1 Å². The summed E-state index contributed by atoms with van der Waals surface area (Å²) in [6.07, 6.45) is 1.57. The molecule has 0 radical (unpaired) electrons. The number of thioether (sulfide) groups is 1. The van der Waals surface area contributed by atoms with E-state index in [4.69, 9.17) is 21.1 Å². The van der Waals surface area contributed by atoms with Crippen molar-refractivity contribution in [2.75, 3.05) is 18.5 Å². The number of hydrogen-bond donors (Lipinski definition) is 1. The first kappa shape index (κ1) is 27.9. The molecule has 0 spiro atoms. The third kappa shape index (κ3) is 7.06. The van der Waals surface area contributed by atoms with E-state index in [0.717, 1.165) is 31.9 Å². The first-order valence-electron chi connectivity index (χ1n) is 11.4. The van der Waals surface area contributed by atoms with E-state index in [9.17, 15) is 18.8 Å². The lowest BCUT2D eigenvalue weighted by Gasteiger charge is -2.15. The maximum absolute atomic E-state index is 13.4. The molecule has 0 atom stereocenters. The zero-order valence-corrected chi connectivity index (χ0v) is 23.7. The van der Waals surface area contributed by atoms with Crippen LogP contribution in [0.15, 0.2) is 65.6 Å². The number of nitrogens with one attached hydrogen (secondary N) is 1. The van der Waals surface area contributed by atoms with E-state index in [0.29, 0.717) is 35.3 Å². The van der Waals surface area contributed by atoms with Gasteiger partial charge in [-0.05, 0) is 101 Å². The number of ether oxygens (including phenoxy) is 2. The minimum Gasteiger partial charge on any atom is -0.490 e. The van der Waals surface area contributed by atoms with E-state index >= 15 is 0 Å². The summed E-state index contributed by atoms with van der Waals surface area (Å²) >= 11 is 8.81. The molecule has 1 heterocycles. The summed E-state index contributed by atoms with van der Waals surface area (Å²) in [4.78, 5) is 38.8. The lowest BCUT2D eigenvalue weighted by molar-refractivity contribution is -0.127. The Hall–Kier alpha value is -3.09. The van der Waals surface area contributed by atoms with Crippen LogP contribution in [0.3, 0.4) is 0 Å². The van der Waals surface area contributed by atoms with Gasteiger partial charge in [0, 0.05) is 10.7 Å². The van der Waals surface area contributed by atoms with Crippen molar-refractivity contribution < 1.29 is 28.2 Å². The van der Waals surface area contributed by atoms with Crippen LogP contribution in [0.1, 0.15) is 18.1 Å². The molecule has 3 aromatic rings. The Kier molecular flexibility index (Phi) is 9.29. The molecule has 0 unspecified atom stereocenters. The van der Waals surface area contributed by atoms with E-state index in [-0.39, 0.29) is 10.6 Å². The van der Waals surface area contributed by atoms with Gasteiger partial charge in [0.05, 0.1) is 15.1 Å². The van der Waals surface area contributed by atoms with E-state index in [1.165, 1.54) is 18.2 Å². The van der Waals surface area contributed by atoms with Gasteiger partial charge in [-0.15, -0.1) is 0 Å². The van der Waals surface area contributed by atoms with Gasteiger partial charge in [-0.3, -0.25) is 19.3 Å². The van der Waals surface area contributed by atoms with Crippen molar-refractivity contribution in [3.8, 4) is 11.5 Å². The van der Waals surface area contributed by atoms with Crippen LogP contribution < -0.4 is 14.8 Å². The second-order valence-electron chi connectivity index (χ2n) is 8.00. The fourth-order valence-electron chi connectivity index (χ4n) is 3.51. The van der Waals surface area contributed by atoms with Gasteiger partial charge in [-0.2, -0.15) is 0 Å².